The van der Waals surface area contributed by atoms with Crippen molar-refractivity contribution < 1.29 is 14.4 Å². The summed E-state index contributed by atoms with van der Waals surface area (Å²) in [7, 11) is 0. The molecule has 1 saturated heterocycles. The molecule has 1 fully saturated rings. The van der Waals surface area contributed by atoms with Crippen LogP contribution in [0.2, 0.25) is 0 Å². The lowest BCUT2D eigenvalue weighted by atomic mass is 10.4. The molecule has 0 radical (unpaired) electrons. The molecule has 6 heteroatoms. The molecule has 1 aliphatic heterocycles. The molecule has 2 heterocycles. The van der Waals surface area contributed by atoms with Crippen molar-refractivity contribution in [3.63, 3.8) is 0 Å². The van der Waals surface area contributed by atoms with Crippen LogP contribution in [0, 0.1) is 0 Å². The maximum atomic E-state index is 11.7. The van der Waals surface area contributed by atoms with Gasteiger partial charge in [-0.05, 0) is 12.1 Å². The van der Waals surface area contributed by atoms with Crippen LogP contribution in [0.4, 0.5) is 0 Å². The molecule has 2 rings (SSSR count). The lowest BCUT2D eigenvalue weighted by Gasteiger charge is -2.25. The molecule has 0 unspecified atom stereocenters. The van der Waals surface area contributed by atoms with Crippen LogP contribution >= 0.6 is 11.8 Å². The van der Waals surface area contributed by atoms with Gasteiger partial charge in [-0.25, -0.2) is 0 Å². The van der Waals surface area contributed by atoms with Crippen LogP contribution in [0.5, 0.6) is 0 Å². The minimum absolute atomic E-state index is 0.146. The van der Waals surface area contributed by atoms with Crippen molar-refractivity contribution in [2.24, 2.45) is 5.16 Å². The van der Waals surface area contributed by atoms with E-state index in [0.29, 0.717) is 13.1 Å². The Balaban J connectivity index is 2.06. The number of oxime groups is 1. The largest absolute Gasteiger partial charge is 0.467 e. The second-order valence-electron chi connectivity index (χ2n) is 3.06. The highest BCUT2D eigenvalue weighted by molar-refractivity contribution is 8.15. The Morgan fingerprint density at radius 1 is 1.67 bits per heavy atom. The van der Waals surface area contributed by atoms with Crippen molar-refractivity contribution in [1.82, 2.24) is 4.90 Å². The van der Waals surface area contributed by atoms with Gasteiger partial charge < -0.3 is 14.5 Å². The molecule has 5 nitrogen and oxygen atoms in total. The van der Waals surface area contributed by atoms with E-state index in [1.54, 1.807) is 17.2 Å². The quantitative estimate of drug-likeness (QED) is 0.606. The third-order valence-electron chi connectivity index (χ3n) is 2.09. The number of amides is 1. The van der Waals surface area contributed by atoms with Crippen LogP contribution in [0.3, 0.4) is 0 Å². The summed E-state index contributed by atoms with van der Waals surface area (Å²) in [6.45, 7) is 1.06. The summed E-state index contributed by atoms with van der Waals surface area (Å²) >= 11 is 1.27. The number of carbonyl (C=O) groups is 1. The lowest BCUT2D eigenvalue weighted by molar-refractivity contribution is -0.124. The predicted molar refractivity (Wildman–Crippen MR) is 55.8 cm³/mol. The van der Waals surface area contributed by atoms with Gasteiger partial charge in [0.05, 0.1) is 12.8 Å². The molecule has 1 aromatic heterocycles. The van der Waals surface area contributed by atoms with Gasteiger partial charge in [-0.2, -0.15) is 0 Å². The maximum absolute atomic E-state index is 11.7. The number of carbonyl (C=O) groups excluding carboxylic acids is 1. The van der Waals surface area contributed by atoms with Gasteiger partial charge in [0.25, 0.3) is 5.91 Å². The fraction of sp³-hybridized carbons (Fsp3) is 0.333. The molecule has 0 saturated carbocycles. The number of rotatable bonds is 2. The van der Waals surface area contributed by atoms with Crippen LogP contribution in [-0.2, 0) is 11.3 Å². The van der Waals surface area contributed by atoms with Gasteiger partial charge in [0.15, 0.2) is 0 Å². The molecule has 0 spiro atoms. The zero-order valence-corrected chi connectivity index (χ0v) is 8.74. The molecule has 80 valence electrons. The third-order valence-corrected chi connectivity index (χ3v) is 3.00. The van der Waals surface area contributed by atoms with Crippen molar-refractivity contribution in [1.29, 1.82) is 0 Å². The summed E-state index contributed by atoms with van der Waals surface area (Å²) in [6, 6.07) is 3.59. The second kappa shape index (κ2) is 4.39. The smallest absolute Gasteiger partial charge is 0.282 e. The number of furan rings is 1. The number of nitrogens with zero attached hydrogens (tertiary/aromatic N) is 2. The van der Waals surface area contributed by atoms with E-state index in [2.05, 4.69) is 5.16 Å². The van der Waals surface area contributed by atoms with Crippen LogP contribution < -0.4 is 0 Å². The van der Waals surface area contributed by atoms with Gasteiger partial charge in [-0.3, -0.25) is 4.79 Å². The van der Waals surface area contributed by atoms with Crippen molar-refractivity contribution in [3.05, 3.63) is 24.2 Å². The second-order valence-corrected chi connectivity index (χ2v) is 4.14. The van der Waals surface area contributed by atoms with E-state index in [-0.39, 0.29) is 11.0 Å². The van der Waals surface area contributed by atoms with Crippen LogP contribution in [0.1, 0.15) is 5.76 Å². The van der Waals surface area contributed by atoms with E-state index < -0.39 is 0 Å². The Morgan fingerprint density at radius 2 is 2.53 bits per heavy atom. The van der Waals surface area contributed by atoms with E-state index in [9.17, 15) is 4.79 Å². The van der Waals surface area contributed by atoms with Crippen molar-refractivity contribution in [3.8, 4) is 0 Å². The molecule has 0 bridgehead atoms. The minimum atomic E-state index is -0.245. The van der Waals surface area contributed by atoms with Crippen LogP contribution in [0.25, 0.3) is 0 Å². The Kier molecular flexibility index (Phi) is 2.96. The molecule has 0 atom stereocenters. The van der Waals surface area contributed by atoms with E-state index in [1.165, 1.54) is 11.8 Å². The Hall–Kier alpha value is -1.43. The first-order chi connectivity index (χ1) is 7.31. The fourth-order valence-corrected chi connectivity index (χ4v) is 2.18. The molecule has 1 amide bonds. The van der Waals surface area contributed by atoms with Crippen molar-refractivity contribution in [2.75, 3.05) is 12.3 Å². The first-order valence-electron chi connectivity index (χ1n) is 4.48. The fourth-order valence-electron chi connectivity index (χ4n) is 1.36. The zero-order chi connectivity index (χ0) is 10.7. The summed E-state index contributed by atoms with van der Waals surface area (Å²) in [6.07, 6.45) is 1.57. The molecule has 0 aliphatic carbocycles. The lowest BCUT2D eigenvalue weighted by Crippen LogP contribution is -2.40. The van der Waals surface area contributed by atoms with Gasteiger partial charge in [-0.15, -0.1) is 0 Å². The molecular weight excluding hydrogens is 216 g/mol. The van der Waals surface area contributed by atoms with Crippen LogP contribution in [-0.4, -0.2) is 33.4 Å². The average molecular weight is 226 g/mol. The first-order valence-corrected chi connectivity index (χ1v) is 5.46. The topological polar surface area (TPSA) is 66.0 Å². The van der Waals surface area contributed by atoms with E-state index in [1.807, 2.05) is 6.07 Å². The number of thioether (sulfide) groups is 1. The third kappa shape index (κ3) is 2.15. The summed E-state index contributed by atoms with van der Waals surface area (Å²) < 4.78 is 5.15. The zero-order valence-electron chi connectivity index (χ0n) is 7.92. The Morgan fingerprint density at radius 3 is 3.20 bits per heavy atom. The van der Waals surface area contributed by atoms with Gasteiger partial charge in [0, 0.05) is 12.3 Å². The van der Waals surface area contributed by atoms with Crippen molar-refractivity contribution in [2.45, 2.75) is 6.54 Å². The highest BCUT2D eigenvalue weighted by atomic mass is 32.2. The van der Waals surface area contributed by atoms with Crippen LogP contribution in [0.15, 0.2) is 28.0 Å². The Bertz CT molecular complexity index is 375. The van der Waals surface area contributed by atoms with Gasteiger partial charge >= 0.3 is 0 Å². The average Bonchev–Trinajstić information content (AvgIpc) is 2.74. The molecule has 0 aromatic carbocycles. The highest BCUT2D eigenvalue weighted by Crippen LogP contribution is 2.17. The van der Waals surface area contributed by atoms with Crippen molar-refractivity contribution >= 4 is 22.7 Å². The first kappa shape index (κ1) is 10.1. The Labute approximate surface area is 90.7 Å². The molecule has 1 aliphatic rings. The normalized spacial score (nSPS) is 19.9. The highest BCUT2D eigenvalue weighted by Gasteiger charge is 2.26. The molecule has 15 heavy (non-hydrogen) atoms. The van der Waals surface area contributed by atoms with E-state index in [0.717, 1.165) is 11.5 Å². The molecular formula is C9H10N2O3S. The standard InChI is InChI=1S/C9H10N2O3S/c12-9-8(10-13)15-5-3-11(9)6-7-2-1-4-14-7/h1-2,4,13H,3,5-6H2/b10-8-. The molecule has 1 aromatic rings. The monoisotopic (exact) mass is 226 g/mol. The number of hydrogen-bond donors (Lipinski definition) is 1. The summed E-state index contributed by atoms with van der Waals surface area (Å²) in [5.41, 5.74) is 0. The summed E-state index contributed by atoms with van der Waals surface area (Å²) in [5, 5.41) is 11.7. The van der Waals surface area contributed by atoms with E-state index >= 15 is 0 Å². The maximum Gasteiger partial charge on any atom is 0.282 e. The molecule has 1 N–H and O–H groups in total. The van der Waals surface area contributed by atoms with E-state index in [4.69, 9.17) is 9.62 Å². The minimum Gasteiger partial charge on any atom is -0.467 e. The summed E-state index contributed by atoms with van der Waals surface area (Å²) in [5.74, 6) is 1.23. The number of hydrogen-bond acceptors (Lipinski definition) is 5. The van der Waals surface area contributed by atoms with Gasteiger partial charge in [0.1, 0.15) is 5.76 Å². The van der Waals surface area contributed by atoms with Gasteiger partial charge in [0.2, 0.25) is 5.04 Å². The predicted octanol–water partition coefficient (Wildman–Crippen LogP) is 1.14. The van der Waals surface area contributed by atoms with Gasteiger partial charge in [-0.1, -0.05) is 16.9 Å². The summed E-state index contributed by atoms with van der Waals surface area (Å²) in [4.78, 5) is 13.3. The SMILES string of the molecule is O=C1/C(=N/O)SCCN1Cc1ccco1.